The number of hydrogen-bond acceptors (Lipinski definition) is 12. The highest BCUT2D eigenvalue weighted by Gasteiger charge is 2.38. The van der Waals surface area contributed by atoms with Gasteiger partial charge in [-0.25, -0.2) is 5.43 Å². The lowest BCUT2D eigenvalue weighted by Gasteiger charge is -2.36. The number of allylic oxidation sites excluding steroid dienone is 4. The molecule has 60 heavy (non-hydrogen) atoms. The van der Waals surface area contributed by atoms with E-state index in [2.05, 4.69) is 16.1 Å². The molecule has 4 amide bonds. The smallest absolute Gasteiger partial charge is 0.325 e. The number of benzene rings is 1. The summed E-state index contributed by atoms with van der Waals surface area (Å²) in [7, 11) is 0. The van der Waals surface area contributed by atoms with Gasteiger partial charge in [-0.2, -0.15) is 0 Å². The summed E-state index contributed by atoms with van der Waals surface area (Å²) in [5.41, 5.74) is 4.19. The van der Waals surface area contributed by atoms with Gasteiger partial charge in [-0.05, 0) is 62.3 Å². The van der Waals surface area contributed by atoms with Gasteiger partial charge in [-0.3, -0.25) is 29.0 Å². The Labute approximate surface area is 356 Å². The summed E-state index contributed by atoms with van der Waals surface area (Å²) in [5.74, 6) is -3.94. The maximum atomic E-state index is 14.3. The first-order valence-corrected chi connectivity index (χ1v) is 21.8. The van der Waals surface area contributed by atoms with Crippen molar-refractivity contribution in [3.63, 3.8) is 0 Å². The molecule has 0 aromatic heterocycles. The molecule has 0 saturated carbocycles. The van der Waals surface area contributed by atoms with Gasteiger partial charge in [-0.15, -0.1) is 11.8 Å². The van der Waals surface area contributed by atoms with Crippen LogP contribution in [-0.2, 0) is 39.9 Å². The Morgan fingerprint density at radius 3 is 2.50 bits per heavy atom. The van der Waals surface area contributed by atoms with Gasteiger partial charge < -0.3 is 40.4 Å². The Balaban J connectivity index is 1.70. The number of aromatic hydroxyl groups is 1. The number of cyclic esters (lactones) is 1. The summed E-state index contributed by atoms with van der Waals surface area (Å²) in [4.78, 5) is 82.5. The largest absolute Gasteiger partial charge is 0.508 e. The molecular formula is C44H61N5O10S. The maximum Gasteiger partial charge on any atom is 0.325 e. The molecule has 15 nitrogen and oxygen atoms in total. The lowest BCUT2D eigenvalue weighted by Crippen LogP contribution is -2.62. The van der Waals surface area contributed by atoms with Gasteiger partial charge in [0.15, 0.2) is 0 Å². The number of hydrogen-bond donors (Lipinski definition) is 6. The summed E-state index contributed by atoms with van der Waals surface area (Å²) >= 11 is 1.68. The van der Waals surface area contributed by atoms with E-state index in [1.807, 2.05) is 0 Å². The van der Waals surface area contributed by atoms with Crippen molar-refractivity contribution >= 4 is 47.1 Å². The Hall–Kier alpha value is -4.77. The van der Waals surface area contributed by atoms with Crippen molar-refractivity contribution < 1.29 is 48.8 Å². The van der Waals surface area contributed by atoms with Crippen molar-refractivity contribution in [1.29, 1.82) is 0 Å². The first-order valence-electron chi connectivity index (χ1n) is 20.6. The van der Waals surface area contributed by atoms with Gasteiger partial charge in [0.05, 0.1) is 24.0 Å². The molecule has 2 fully saturated rings. The van der Waals surface area contributed by atoms with Gasteiger partial charge in [-0.1, -0.05) is 69.4 Å². The molecule has 0 radical (unpaired) electrons. The van der Waals surface area contributed by atoms with E-state index in [4.69, 9.17) is 4.74 Å². The summed E-state index contributed by atoms with van der Waals surface area (Å²) in [6, 6.07) is 2.95. The molecule has 3 aliphatic heterocycles. The molecule has 0 spiro atoms. The predicted molar refractivity (Wildman–Crippen MR) is 228 cm³/mol. The minimum absolute atomic E-state index is 0.0251. The third-order valence-electron chi connectivity index (χ3n) is 10.9. The van der Waals surface area contributed by atoms with Gasteiger partial charge in [0, 0.05) is 50.1 Å². The lowest BCUT2D eigenvalue weighted by molar-refractivity contribution is -0.156. The molecular weight excluding hydrogens is 791 g/mol. The Morgan fingerprint density at radius 1 is 1.05 bits per heavy atom. The van der Waals surface area contributed by atoms with E-state index in [-0.39, 0.29) is 49.7 Å². The van der Waals surface area contributed by atoms with Crippen LogP contribution in [0.4, 0.5) is 0 Å². The molecule has 6 N–H and O–H groups in total. The molecule has 2 saturated heterocycles. The summed E-state index contributed by atoms with van der Waals surface area (Å²) in [6.45, 7) is 9.03. The van der Waals surface area contributed by atoms with Crippen LogP contribution in [0, 0.1) is 17.8 Å². The molecule has 0 aliphatic carbocycles. The normalized spacial score (nSPS) is 29.3. The zero-order valence-corrected chi connectivity index (χ0v) is 35.9. The quantitative estimate of drug-likeness (QED) is 0.120. The second-order valence-electron chi connectivity index (χ2n) is 16.0. The van der Waals surface area contributed by atoms with Gasteiger partial charge >= 0.3 is 5.97 Å². The van der Waals surface area contributed by atoms with Crippen LogP contribution in [0.1, 0.15) is 72.3 Å². The van der Waals surface area contributed by atoms with Crippen LogP contribution in [0.2, 0.25) is 0 Å². The van der Waals surface area contributed by atoms with Crippen LogP contribution < -0.4 is 16.1 Å². The Kier molecular flexibility index (Phi) is 18.6. The number of carbonyl (C=O) groups is 6. The first-order chi connectivity index (χ1) is 28.5. The van der Waals surface area contributed by atoms with Crippen LogP contribution in [0.5, 0.6) is 5.75 Å². The number of thioether (sulfide) groups is 1. The third-order valence-corrected chi connectivity index (χ3v) is 11.9. The van der Waals surface area contributed by atoms with Crippen LogP contribution in [0.3, 0.4) is 0 Å². The Bertz CT molecular complexity index is 1810. The number of fused-ring (bicyclic) bond motifs is 2. The van der Waals surface area contributed by atoms with Crippen LogP contribution in [0.15, 0.2) is 72.4 Å². The van der Waals surface area contributed by atoms with E-state index < -0.39 is 77.9 Å². The number of phenolic OH excluding ortho intramolecular Hbond substituents is 1. The number of ether oxygens (including phenoxy) is 1. The summed E-state index contributed by atoms with van der Waals surface area (Å²) in [5, 5.41) is 39.6. The molecule has 3 heterocycles. The van der Waals surface area contributed by atoms with Crippen LogP contribution in [-0.4, -0.2) is 122 Å². The highest BCUT2D eigenvalue weighted by Crippen LogP contribution is 2.24. The molecule has 2 bridgehead atoms. The molecule has 3 aliphatic rings. The Morgan fingerprint density at radius 2 is 1.82 bits per heavy atom. The van der Waals surface area contributed by atoms with Gasteiger partial charge in [0.1, 0.15) is 35.8 Å². The van der Waals surface area contributed by atoms with E-state index in [1.54, 1.807) is 86.9 Å². The molecule has 4 rings (SSSR count). The number of aliphatic hydroxyl groups excluding tert-OH is 2. The standard InChI is InChI=1S/C44H61N5O10S/c1-27(2)39-42(56)45-35(25-31-13-10-14-32(51)24-31)43(57)49-21-11-15-34(47-49)44(58)59-37(28(3)12-9-18-38(53)48-22-23-60-26-48)17-8-6-7-16-36(52)30(5)40(54)33(41(55)46-39)20-19-29(4)50/h6-10,12-14,16,18,24,27,30,33-37,39-40,47,51-52,54H,11,15,17,19-23,25-26H2,1-5H3,(H,45,56)(H,46,55)/b8-6+,16-7+,18-9+,28-12+/t30-,33+,34?,35-,36-,37-,39-,40+/m0/s1. The van der Waals surface area contributed by atoms with Crippen molar-refractivity contribution in [2.45, 2.75) is 110 Å². The average molecular weight is 852 g/mol. The van der Waals surface area contributed by atoms with Crippen molar-refractivity contribution in [2.75, 3.05) is 24.7 Å². The van der Waals surface area contributed by atoms with Gasteiger partial charge in [0.2, 0.25) is 17.7 Å². The number of aliphatic hydroxyl groups is 2. The SMILES string of the molecule is CC(=O)CC[C@H]1C(=O)N[C@@H](C(C)C)C(=O)N[C@@H](Cc2cccc(O)c2)C(=O)N2CCCC(N2)C(=O)O[C@H](/C(C)=C/C=C/C(=O)N2CCSC2)C/C=C/C=C/[C@H](O)[C@H](C)[C@H]1O. The number of amides is 4. The number of nitrogens with one attached hydrogen (secondary N) is 3. The topological polar surface area (TPSA) is 215 Å². The summed E-state index contributed by atoms with van der Waals surface area (Å²) in [6.07, 6.45) is 8.75. The fourth-order valence-corrected chi connectivity index (χ4v) is 8.08. The van der Waals surface area contributed by atoms with E-state index in [9.17, 15) is 44.1 Å². The van der Waals surface area contributed by atoms with E-state index in [0.717, 1.165) is 5.75 Å². The number of phenols is 1. The van der Waals surface area contributed by atoms with Crippen molar-refractivity contribution in [2.24, 2.45) is 17.8 Å². The number of hydrazine groups is 1. The number of esters is 1. The zero-order chi connectivity index (χ0) is 43.9. The number of rotatable bonds is 9. The van der Waals surface area contributed by atoms with Crippen LogP contribution in [0.25, 0.3) is 0 Å². The first kappa shape index (κ1) is 47.9. The van der Waals surface area contributed by atoms with E-state index in [1.165, 1.54) is 36.2 Å². The number of nitrogens with zero attached hydrogens (tertiary/aromatic N) is 2. The molecule has 16 heteroatoms. The maximum absolute atomic E-state index is 14.3. The highest BCUT2D eigenvalue weighted by atomic mass is 32.2. The zero-order valence-electron chi connectivity index (χ0n) is 35.1. The fourth-order valence-electron chi connectivity index (χ4n) is 7.13. The number of carbonyl (C=O) groups excluding carboxylic acids is 6. The number of Topliss-reactive ketones (excluding diaryl/α,β-unsaturated/α-hetero) is 1. The van der Waals surface area contributed by atoms with Crippen molar-refractivity contribution in [3.8, 4) is 5.75 Å². The van der Waals surface area contributed by atoms with Crippen molar-refractivity contribution in [1.82, 2.24) is 26.0 Å². The van der Waals surface area contributed by atoms with Crippen molar-refractivity contribution in [3.05, 3.63) is 77.9 Å². The van der Waals surface area contributed by atoms with Gasteiger partial charge in [0.25, 0.3) is 5.91 Å². The average Bonchev–Trinajstić information content (AvgIpc) is 3.76. The number of ketones is 1. The molecule has 1 aromatic rings. The van der Waals surface area contributed by atoms with E-state index in [0.29, 0.717) is 36.4 Å². The molecule has 8 atom stereocenters. The molecule has 328 valence electrons. The monoisotopic (exact) mass is 851 g/mol. The second kappa shape index (κ2) is 23.3. The fraction of sp³-hybridized carbons (Fsp3) is 0.545. The predicted octanol–water partition coefficient (Wildman–Crippen LogP) is 2.86. The minimum Gasteiger partial charge on any atom is -0.508 e. The van der Waals surface area contributed by atoms with Crippen LogP contribution >= 0.6 is 11.8 Å². The molecule has 1 unspecified atom stereocenters. The molecule has 1 aromatic carbocycles. The lowest BCUT2D eigenvalue weighted by atomic mass is 9.84. The highest BCUT2D eigenvalue weighted by molar-refractivity contribution is 7.99. The second-order valence-corrected chi connectivity index (χ2v) is 17.1. The van der Waals surface area contributed by atoms with E-state index >= 15 is 0 Å². The third kappa shape index (κ3) is 14.2. The summed E-state index contributed by atoms with van der Waals surface area (Å²) < 4.78 is 6.05. The minimum atomic E-state index is -1.42.